The quantitative estimate of drug-likeness (QED) is 0.846. The second-order valence-electron chi connectivity index (χ2n) is 5.13. The van der Waals surface area contributed by atoms with E-state index in [1.165, 1.54) is 18.7 Å². The highest BCUT2D eigenvalue weighted by Crippen LogP contribution is 2.24. The summed E-state index contributed by atoms with van der Waals surface area (Å²) in [6.45, 7) is 9.80. The van der Waals surface area contributed by atoms with E-state index < -0.39 is 0 Å². The molecule has 90 valence electrons. The molecule has 1 aromatic rings. The molecule has 0 unspecified atom stereocenters. The molecule has 0 bridgehead atoms. The van der Waals surface area contributed by atoms with Crippen molar-refractivity contribution in [2.24, 2.45) is 5.92 Å². The van der Waals surface area contributed by atoms with Crippen LogP contribution in [-0.2, 0) is 6.54 Å². The van der Waals surface area contributed by atoms with Gasteiger partial charge in [-0.3, -0.25) is 0 Å². The van der Waals surface area contributed by atoms with E-state index in [0.717, 1.165) is 25.5 Å². The van der Waals surface area contributed by atoms with Crippen LogP contribution in [0.15, 0.2) is 0 Å². The monoisotopic (exact) mass is 222 g/mol. The van der Waals surface area contributed by atoms with Gasteiger partial charge in [0.25, 0.3) is 0 Å². The number of hydrogen-bond acceptors (Lipinski definition) is 3. The van der Waals surface area contributed by atoms with E-state index in [2.05, 4.69) is 40.9 Å². The molecule has 0 aromatic carbocycles. The summed E-state index contributed by atoms with van der Waals surface area (Å²) >= 11 is 0. The van der Waals surface area contributed by atoms with Crippen LogP contribution in [-0.4, -0.2) is 27.9 Å². The van der Waals surface area contributed by atoms with Gasteiger partial charge >= 0.3 is 0 Å². The van der Waals surface area contributed by atoms with Gasteiger partial charge in [0.1, 0.15) is 11.6 Å². The van der Waals surface area contributed by atoms with Gasteiger partial charge in [-0.05, 0) is 38.8 Å². The van der Waals surface area contributed by atoms with E-state index in [9.17, 15) is 0 Å². The molecule has 1 fully saturated rings. The largest absolute Gasteiger partial charge is 0.317 e. The third-order valence-electron chi connectivity index (χ3n) is 3.22. The Hall–Kier alpha value is -0.900. The summed E-state index contributed by atoms with van der Waals surface area (Å²) in [4.78, 5) is 0. The van der Waals surface area contributed by atoms with E-state index in [0.29, 0.717) is 11.8 Å². The Morgan fingerprint density at radius 1 is 1.31 bits per heavy atom. The molecule has 1 aromatic heterocycles. The fraction of sp³-hybridized carbons (Fsp3) is 0.833. The summed E-state index contributed by atoms with van der Waals surface area (Å²) in [6.07, 6.45) is 2.38. The number of piperidine rings is 1. The first-order chi connectivity index (χ1) is 7.68. The Bertz CT molecular complexity index is 337. The minimum atomic E-state index is 0.598. The maximum Gasteiger partial charge on any atom is 0.136 e. The molecule has 1 N–H and O–H groups in total. The van der Waals surface area contributed by atoms with Crippen LogP contribution in [0.1, 0.15) is 44.3 Å². The number of nitrogens with one attached hydrogen (secondary N) is 1. The lowest BCUT2D eigenvalue weighted by molar-refractivity contribution is 0.413. The summed E-state index contributed by atoms with van der Waals surface area (Å²) in [6, 6.07) is 0. The molecule has 1 aliphatic rings. The zero-order chi connectivity index (χ0) is 11.5. The van der Waals surface area contributed by atoms with Gasteiger partial charge in [-0.15, -0.1) is 10.2 Å². The van der Waals surface area contributed by atoms with Crippen LogP contribution in [0.2, 0.25) is 0 Å². The van der Waals surface area contributed by atoms with Gasteiger partial charge in [0.15, 0.2) is 0 Å². The Labute approximate surface area is 97.5 Å². The van der Waals surface area contributed by atoms with Crippen LogP contribution in [0.5, 0.6) is 0 Å². The van der Waals surface area contributed by atoms with Crippen LogP contribution in [0.3, 0.4) is 0 Å². The molecule has 0 spiro atoms. The van der Waals surface area contributed by atoms with Gasteiger partial charge in [0, 0.05) is 12.5 Å². The van der Waals surface area contributed by atoms with Crippen LogP contribution in [0.25, 0.3) is 0 Å². The summed E-state index contributed by atoms with van der Waals surface area (Å²) < 4.78 is 2.31. The third-order valence-corrected chi connectivity index (χ3v) is 3.22. The van der Waals surface area contributed by atoms with E-state index in [1.807, 2.05) is 0 Å². The molecule has 0 amide bonds. The smallest absolute Gasteiger partial charge is 0.136 e. The fourth-order valence-electron chi connectivity index (χ4n) is 2.37. The SMILES string of the molecule is Cc1nnc(C2CCNCC2)n1CC(C)C. The topological polar surface area (TPSA) is 42.7 Å². The first kappa shape index (κ1) is 11.6. The van der Waals surface area contributed by atoms with Crippen LogP contribution >= 0.6 is 0 Å². The van der Waals surface area contributed by atoms with Crippen molar-refractivity contribution in [2.45, 2.75) is 46.1 Å². The zero-order valence-corrected chi connectivity index (χ0v) is 10.5. The minimum Gasteiger partial charge on any atom is -0.317 e. The van der Waals surface area contributed by atoms with Crippen molar-refractivity contribution < 1.29 is 0 Å². The predicted molar refractivity (Wildman–Crippen MR) is 64.4 cm³/mol. The maximum absolute atomic E-state index is 4.38. The van der Waals surface area contributed by atoms with Gasteiger partial charge in [-0.1, -0.05) is 13.8 Å². The van der Waals surface area contributed by atoms with Gasteiger partial charge in [0.05, 0.1) is 0 Å². The number of nitrogens with zero attached hydrogens (tertiary/aromatic N) is 3. The number of aromatic nitrogens is 3. The first-order valence-corrected chi connectivity index (χ1v) is 6.29. The van der Waals surface area contributed by atoms with Crippen LogP contribution in [0.4, 0.5) is 0 Å². The molecular weight excluding hydrogens is 200 g/mol. The summed E-state index contributed by atoms with van der Waals surface area (Å²) in [5, 5.41) is 12.0. The molecule has 2 heterocycles. The van der Waals surface area contributed by atoms with Gasteiger partial charge in [-0.2, -0.15) is 0 Å². The highest BCUT2D eigenvalue weighted by atomic mass is 15.3. The molecule has 16 heavy (non-hydrogen) atoms. The number of hydrogen-bond donors (Lipinski definition) is 1. The van der Waals surface area contributed by atoms with Crippen molar-refractivity contribution in [1.29, 1.82) is 0 Å². The summed E-state index contributed by atoms with van der Waals surface area (Å²) in [7, 11) is 0. The molecule has 0 radical (unpaired) electrons. The van der Waals surface area contributed by atoms with Crippen molar-refractivity contribution in [2.75, 3.05) is 13.1 Å². The zero-order valence-electron chi connectivity index (χ0n) is 10.5. The van der Waals surface area contributed by atoms with Crippen LogP contribution in [0, 0.1) is 12.8 Å². The molecule has 1 aliphatic heterocycles. The lowest BCUT2D eigenvalue weighted by Gasteiger charge is -2.23. The Kier molecular flexibility index (Phi) is 3.59. The second kappa shape index (κ2) is 4.95. The number of aryl methyl sites for hydroxylation is 1. The van der Waals surface area contributed by atoms with E-state index in [-0.39, 0.29) is 0 Å². The van der Waals surface area contributed by atoms with E-state index >= 15 is 0 Å². The van der Waals surface area contributed by atoms with Crippen LogP contribution < -0.4 is 5.32 Å². The van der Waals surface area contributed by atoms with Crippen molar-refractivity contribution in [3.63, 3.8) is 0 Å². The van der Waals surface area contributed by atoms with E-state index in [4.69, 9.17) is 0 Å². The highest BCUT2D eigenvalue weighted by molar-refractivity contribution is 5.03. The molecule has 0 atom stereocenters. The molecular formula is C12H22N4. The maximum atomic E-state index is 4.38. The molecule has 0 saturated carbocycles. The molecule has 1 saturated heterocycles. The molecule has 2 rings (SSSR count). The average Bonchev–Trinajstić information content (AvgIpc) is 2.61. The van der Waals surface area contributed by atoms with Gasteiger partial charge in [-0.25, -0.2) is 0 Å². The fourth-order valence-corrected chi connectivity index (χ4v) is 2.37. The minimum absolute atomic E-state index is 0.598. The highest BCUT2D eigenvalue weighted by Gasteiger charge is 2.22. The Balaban J connectivity index is 2.18. The lowest BCUT2D eigenvalue weighted by Crippen LogP contribution is -2.28. The van der Waals surface area contributed by atoms with Crippen molar-refractivity contribution >= 4 is 0 Å². The summed E-state index contributed by atoms with van der Waals surface area (Å²) in [5.74, 6) is 3.51. The van der Waals surface area contributed by atoms with Crippen molar-refractivity contribution in [3.8, 4) is 0 Å². The average molecular weight is 222 g/mol. The second-order valence-corrected chi connectivity index (χ2v) is 5.13. The van der Waals surface area contributed by atoms with Gasteiger partial charge < -0.3 is 9.88 Å². The summed E-state index contributed by atoms with van der Waals surface area (Å²) in [5.41, 5.74) is 0. The standard InChI is InChI=1S/C12H22N4/c1-9(2)8-16-10(3)14-15-12(16)11-4-6-13-7-5-11/h9,11,13H,4-8H2,1-3H3. The molecule has 0 aliphatic carbocycles. The Morgan fingerprint density at radius 2 is 2.00 bits per heavy atom. The van der Waals surface area contributed by atoms with Crippen molar-refractivity contribution in [1.82, 2.24) is 20.1 Å². The molecule has 4 heteroatoms. The van der Waals surface area contributed by atoms with Crippen molar-refractivity contribution in [3.05, 3.63) is 11.6 Å². The predicted octanol–water partition coefficient (Wildman–Crippen LogP) is 1.71. The third kappa shape index (κ3) is 2.43. The normalized spacial score (nSPS) is 18.2. The lowest BCUT2D eigenvalue weighted by atomic mass is 9.97. The van der Waals surface area contributed by atoms with Gasteiger partial charge in [0.2, 0.25) is 0 Å². The molecule has 4 nitrogen and oxygen atoms in total. The Morgan fingerprint density at radius 3 is 2.62 bits per heavy atom. The first-order valence-electron chi connectivity index (χ1n) is 6.29. The van der Waals surface area contributed by atoms with E-state index in [1.54, 1.807) is 0 Å². The number of rotatable bonds is 3.